The summed E-state index contributed by atoms with van der Waals surface area (Å²) in [5, 5.41) is 3.20. The van der Waals surface area contributed by atoms with Gasteiger partial charge in [-0.25, -0.2) is 13.1 Å². The van der Waals surface area contributed by atoms with Gasteiger partial charge in [0.25, 0.3) is 0 Å². The second-order valence-electron chi connectivity index (χ2n) is 4.66. The molecule has 1 aromatic carbocycles. The number of aryl methyl sites for hydroxylation is 1. The average Bonchev–Trinajstić information content (AvgIpc) is 2.39. The van der Waals surface area contributed by atoms with Crippen LogP contribution in [0.1, 0.15) is 25.3 Å². The molecule has 1 fully saturated rings. The molecule has 1 saturated heterocycles. The third-order valence-electron chi connectivity index (χ3n) is 3.26. The van der Waals surface area contributed by atoms with Crippen molar-refractivity contribution in [2.45, 2.75) is 37.1 Å². The Morgan fingerprint density at radius 1 is 1.32 bits per heavy atom. The van der Waals surface area contributed by atoms with Crippen molar-refractivity contribution in [3.63, 3.8) is 0 Å². The summed E-state index contributed by atoms with van der Waals surface area (Å²) in [4.78, 5) is 0.352. The monoisotopic (exact) mass is 304 g/mol. The second kappa shape index (κ2) is 7.24. The predicted octanol–water partition coefficient (Wildman–Crippen LogP) is 1.70. The van der Waals surface area contributed by atoms with Crippen LogP contribution in [-0.4, -0.2) is 27.5 Å². The summed E-state index contributed by atoms with van der Waals surface area (Å²) in [6.45, 7) is 3.74. The average molecular weight is 305 g/mol. The first-order valence-electron chi connectivity index (χ1n) is 6.44. The molecule has 108 valence electrons. The van der Waals surface area contributed by atoms with Gasteiger partial charge in [-0.3, -0.25) is 0 Å². The molecule has 0 unspecified atom stereocenters. The fourth-order valence-corrected chi connectivity index (χ4v) is 3.41. The van der Waals surface area contributed by atoms with Crippen molar-refractivity contribution in [3.8, 4) is 0 Å². The Morgan fingerprint density at radius 2 is 2.00 bits per heavy atom. The summed E-state index contributed by atoms with van der Waals surface area (Å²) in [6, 6.07) is 7.10. The molecule has 0 bridgehead atoms. The van der Waals surface area contributed by atoms with E-state index in [1.54, 1.807) is 12.1 Å². The lowest BCUT2D eigenvalue weighted by molar-refractivity contribution is 0.428. The van der Waals surface area contributed by atoms with E-state index in [1.807, 2.05) is 12.1 Å². The largest absolute Gasteiger partial charge is 0.315 e. The first-order valence-corrected chi connectivity index (χ1v) is 7.92. The molecule has 1 aliphatic heterocycles. The van der Waals surface area contributed by atoms with E-state index < -0.39 is 10.0 Å². The molecule has 19 heavy (non-hydrogen) atoms. The highest BCUT2D eigenvalue weighted by molar-refractivity contribution is 7.89. The zero-order chi connectivity index (χ0) is 13.0. The smallest absolute Gasteiger partial charge is 0.240 e. The van der Waals surface area contributed by atoms with Gasteiger partial charge in [0.2, 0.25) is 10.0 Å². The number of hydrogen-bond donors (Lipinski definition) is 2. The second-order valence-corrected chi connectivity index (χ2v) is 6.38. The van der Waals surface area contributed by atoms with E-state index in [0.717, 1.165) is 31.4 Å². The summed E-state index contributed by atoms with van der Waals surface area (Å²) in [5.74, 6) is 0. The van der Waals surface area contributed by atoms with Gasteiger partial charge < -0.3 is 5.32 Å². The summed E-state index contributed by atoms with van der Waals surface area (Å²) in [5.41, 5.74) is 1.15. The van der Waals surface area contributed by atoms with E-state index in [4.69, 9.17) is 0 Å². The Morgan fingerprint density at radius 3 is 2.53 bits per heavy atom. The van der Waals surface area contributed by atoms with Crippen LogP contribution in [0.25, 0.3) is 0 Å². The molecule has 1 atom stereocenters. The predicted molar refractivity (Wildman–Crippen MR) is 79.3 cm³/mol. The fourth-order valence-electron chi connectivity index (χ4n) is 2.14. The quantitative estimate of drug-likeness (QED) is 0.890. The normalized spacial score (nSPS) is 19.7. The van der Waals surface area contributed by atoms with Crippen LogP contribution in [0, 0.1) is 0 Å². The zero-order valence-corrected chi connectivity index (χ0v) is 12.7. The van der Waals surface area contributed by atoms with Gasteiger partial charge in [-0.05, 0) is 43.5 Å². The SMILES string of the molecule is CCc1ccc(S(=O)(=O)N[C@@H]2CCCNC2)cc1.Cl. The number of hydrogen-bond acceptors (Lipinski definition) is 3. The van der Waals surface area contributed by atoms with Crippen molar-refractivity contribution in [2.24, 2.45) is 0 Å². The third kappa shape index (κ3) is 4.45. The molecule has 0 aromatic heterocycles. The molecule has 1 heterocycles. The molecule has 2 N–H and O–H groups in total. The molecule has 0 radical (unpaired) electrons. The molecule has 0 amide bonds. The maximum absolute atomic E-state index is 12.2. The Labute approximate surface area is 121 Å². The highest BCUT2D eigenvalue weighted by Crippen LogP contribution is 2.13. The molecular formula is C13H21ClN2O2S. The minimum atomic E-state index is -3.37. The third-order valence-corrected chi connectivity index (χ3v) is 4.80. The first kappa shape index (κ1) is 16.4. The maximum atomic E-state index is 12.2. The number of sulfonamides is 1. The fraction of sp³-hybridized carbons (Fsp3) is 0.538. The van der Waals surface area contributed by atoms with Gasteiger partial charge in [0, 0.05) is 12.6 Å². The van der Waals surface area contributed by atoms with Crippen molar-refractivity contribution in [1.29, 1.82) is 0 Å². The lowest BCUT2D eigenvalue weighted by atomic mass is 10.1. The van der Waals surface area contributed by atoms with Gasteiger partial charge >= 0.3 is 0 Å². The van der Waals surface area contributed by atoms with Crippen LogP contribution < -0.4 is 10.0 Å². The Bertz CT molecular complexity index is 482. The molecule has 2 rings (SSSR count). The maximum Gasteiger partial charge on any atom is 0.240 e. The van der Waals surface area contributed by atoms with Crippen LogP contribution in [0.2, 0.25) is 0 Å². The Kier molecular flexibility index (Phi) is 6.26. The van der Waals surface area contributed by atoms with Gasteiger partial charge in [0.15, 0.2) is 0 Å². The van der Waals surface area contributed by atoms with E-state index in [1.165, 1.54) is 0 Å². The number of nitrogens with one attached hydrogen (secondary N) is 2. The van der Waals surface area contributed by atoms with E-state index in [9.17, 15) is 8.42 Å². The van der Waals surface area contributed by atoms with E-state index >= 15 is 0 Å². The van der Waals surface area contributed by atoms with Crippen molar-refractivity contribution >= 4 is 22.4 Å². The van der Waals surface area contributed by atoms with Crippen LogP contribution in [0.4, 0.5) is 0 Å². The molecule has 1 aromatic rings. The molecule has 0 spiro atoms. The number of piperidine rings is 1. The van der Waals surface area contributed by atoms with E-state index in [-0.39, 0.29) is 18.4 Å². The Balaban J connectivity index is 0.00000180. The van der Waals surface area contributed by atoms with Crippen LogP contribution in [0.5, 0.6) is 0 Å². The van der Waals surface area contributed by atoms with Crippen LogP contribution in [0.3, 0.4) is 0 Å². The van der Waals surface area contributed by atoms with E-state index in [2.05, 4.69) is 17.0 Å². The van der Waals surface area contributed by atoms with Crippen molar-refractivity contribution in [1.82, 2.24) is 10.0 Å². The lowest BCUT2D eigenvalue weighted by Crippen LogP contribution is -2.45. The molecular weight excluding hydrogens is 284 g/mol. The minimum Gasteiger partial charge on any atom is -0.315 e. The molecule has 1 aliphatic rings. The topological polar surface area (TPSA) is 58.2 Å². The first-order chi connectivity index (χ1) is 8.62. The number of halogens is 1. The standard InChI is InChI=1S/C13H20N2O2S.ClH/c1-2-11-5-7-13(8-6-11)18(16,17)15-12-4-3-9-14-10-12;/h5-8,12,14-15H,2-4,9-10H2,1H3;1H/t12-;/m1./s1. The van der Waals surface area contributed by atoms with Gasteiger partial charge in [-0.2, -0.15) is 0 Å². The van der Waals surface area contributed by atoms with Gasteiger partial charge in [-0.1, -0.05) is 19.1 Å². The summed E-state index contributed by atoms with van der Waals surface area (Å²) in [7, 11) is -3.37. The van der Waals surface area contributed by atoms with Crippen molar-refractivity contribution < 1.29 is 8.42 Å². The zero-order valence-electron chi connectivity index (χ0n) is 11.1. The van der Waals surface area contributed by atoms with E-state index in [0.29, 0.717) is 11.4 Å². The molecule has 0 saturated carbocycles. The molecule has 4 nitrogen and oxygen atoms in total. The summed E-state index contributed by atoms with van der Waals surface area (Å²) in [6.07, 6.45) is 2.83. The molecule has 0 aliphatic carbocycles. The van der Waals surface area contributed by atoms with Gasteiger partial charge in [-0.15, -0.1) is 12.4 Å². The highest BCUT2D eigenvalue weighted by atomic mass is 35.5. The minimum absolute atomic E-state index is 0. The van der Waals surface area contributed by atoms with Crippen LogP contribution in [0.15, 0.2) is 29.2 Å². The van der Waals surface area contributed by atoms with Gasteiger partial charge in [0.05, 0.1) is 4.90 Å². The van der Waals surface area contributed by atoms with Crippen molar-refractivity contribution in [3.05, 3.63) is 29.8 Å². The summed E-state index contributed by atoms with van der Waals surface area (Å²) >= 11 is 0. The molecule has 6 heteroatoms. The number of benzene rings is 1. The van der Waals surface area contributed by atoms with Crippen molar-refractivity contribution in [2.75, 3.05) is 13.1 Å². The Hall–Kier alpha value is -0.620. The summed E-state index contributed by atoms with van der Waals surface area (Å²) < 4.78 is 27.1. The highest BCUT2D eigenvalue weighted by Gasteiger charge is 2.21. The number of rotatable bonds is 4. The lowest BCUT2D eigenvalue weighted by Gasteiger charge is -2.23. The van der Waals surface area contributed by atoms with Crippen LogP contribution >= 0.6 is 12.4 Å². The van der Waals surface area contributed by atoms with Crippen LogP contribution in [-0.2, 0) is 16.4 Å². The van der Waals surface area contributed by atoms with Gasteiger partial charge in [0.1, 0.15) is 0 Å².